The molecule has 2 rings (SSSR count). The molecule has 1 aliphatic rings. The van der Waals surface area contributed by atoms with Crippen LogP contribution >= 0.6 is 31.9 Å². The van der Waals surface area contributed by atoms with Gasteiger partial charge >= 0.3 is 5.97 Å². The summed E-state index contributed by atoms with van der Waals surface area (Å²) in [4.78, 5) is 12.0. The molecule has 0 aliphatic carbocycles. The SMILES string of the molecule is CC1OC(COC(=O)c2cc(Br)c(O)c(Br)c2)C(O)[C@@H](O)C1O. The Morgan fingerprint density at radius 1 is 1.17 bits per heavy atom. The van der Waals surface area contributed by atoms with Crippen molar-refractivity contribution >= 4 is 37.8 Å². The number of phenols is 1. The third kappa shape index (κ3) is 4.04. The fraction of sp³-hybridized carbons (Fsp3) is 0.500. The molecule has 9 heteroatoms. The first kappa shape index (κ1) is 18.6. The fourth-order valence-corrected chi connectivity index (χ4v) is 3.39. The van der Waals surface area contributed by atoms with Crippen LogP contribution in [0.1, 0.15) is 17.3 Å². The van der Waals surface area contributed by atoms with Crippen LogP contribution in [-0.4, -0.2) is 63.5 Å². The van der Waals surface area contributed by atoms with Crippen LogP contribution in [0.4, 0.5) is 0 Å². The van der Waals surface area contributed by atoms with E-state index in [1.54, 1.807) is 6.92 Å². The maximum atomic E-state index is 12.0. The number of hydrogen-bond acceptors (Lipinski definition) is 7. The number of phenolic OH excluding ortho intramolecular Hbond substituents is 1. The number of hydrogen-bond donors (Lipinski definition) is 4. The number of halogens is 2. The van der Waals surface area contributed by atoms with Gasteiger partial charge in [0.1, 0.15) is 36.8 Å². The number of carbonyl (C=O) groups excluding carboxylic acids is 1. The van der Waals surface area contributed by atoms with E-state index < -0.39 is 36.5 Å². The molecular formula is C14H16Br2O7. The second kappa shape index (κ2) is 7.45. The maximum absolute atomic E-state index is 12.0. The Morgan fingerprint density at radius 3 is 2.30 bits per heavy atom. The number of aliphatic hydroxyl groups excluding tert-OH is 3. The standard InChI is InChI=1S/C14H16Br2O7/c1-5-10(17)13(20)12(19)9(23-5)4-22-14(21)6-2-7(15)11(18)8(16)3-6/h2-3,5,9-10,12-13,17-20H,4H2,1H3/t5?,9?,10?,12?,13-/m0/s1. The van der Waals surface area contributed by atoms with Gasteiger partial charge in [-0.2, -0.15) is 0 Å². The molecule has 1 fully saturated rings. The van der Waals surface area contributed by atoms with E-state index in [0.29, 0.717) is 8.95 Å². The summed E-state index contributed by atoms with van der Waals surface area (Å²) >= 11 is 6.22. The minimum absolute atomic E-state index is 0.0430. The number of aliphatic hydroxyl groups is 3. The van der Waals surface area contributed by atoms with Gasteiger partial charge in [-0.3, -0.25) is 0 Å². The summed E-state index contributed by atoms with van der Waals surface area (Å²) in [5, 5.41) is 38.8. The van der Waals surface area contributed by atoms with E-state index in [1.807, 2.05) is 0 Å². The lowest BCUT2D eigenvalue weighted by molar-refractivity contribution is -0.224. The monoisotopic (exact) mass is 454 g/mol. The Balaban J connectivity index is 2.02. The van der Waals surface area contributed by atoms with Crippen LogP contribution < -0.4 is 0 Å². The summed E-state index contributed by atoms with van der Waals surface area (Å²) in [7, 11) is 0. The average molecular weight is 456 g/mol. The predicted octanol–water partition coefficient (Wildman–Crippen LogP) is 0.944. The summed E-state index contributed by atoms with van der Waals surface area (Å²) in [6, 6.07) is 2.78. The summed E-state index contributed by atoms with van der Waals surface area (Å²) in [5.41, 5.74) is 0.181. The smallest absolute Gasteiger partial charge is 0.338 e. The van der Waals surface area contributed by atoms with Crippen molar-refractivity contribution in [3.8, 4) is 5.75 Å². The number of rotatable bonds is 3. The molecule has 5 atom stereocenters. The summed E-state index contributed by atoms with van der Waals surface area (Å²) in [5.74, 6) is -0.728. The zero-order valence-electron chi connectivity index (χ0n) is 12.0. The molecule has 0 radical (unpaired) electrons. The highest BCUT2D eigenvalue weighted by molar-refractivity contribution is 9.11. The highest BCUT2D eigenvalue weighted by atomic mass is 79.9. The predicted molar refractivity (Wildman–Crippen MR) is 86.1 cm³/mol. The second-order valence-corrected chi connectivity index (χ2v) is 6.95. The molecular weight excluding hydrogens is 440 g/mol. The van der Waals surface area contributed by atoms with Gasteiger partial charge in [0.05, 0.1) is 20.6 Å². The van der Waals surface area contributed by atoms with Crippen molar-refractivity contribution in [1.82, 2.24) is 0 Å². The first-order chi connectivity index (χ1) is 10.7. The van der Waals surface area contributed by atoms with E-state index in [4.69, 9.17) is 9.47 Å². The largest absolute Gasteiger partial charge is 0.506 e. The minimum Gasteiger partial charge on any atom is -0.506 e. The number of benzene rings is 1. The zero-order valence-corrected chi connectivity index (χ0v) is 15.2. The zero-order chi connectivity index (χ0) is 17.3. The van der Waals surface area contributed by atoms with E-state index in [9.17, 15) is 25.2 Å². The molecule has 23 heavy (non-hydrogen) atoms. The lowest BCUT2D eigenvalue weighted by Crippen LogP contribution is -2.57. The molecule has 1 aromatic rings. The van der Waals surface area contributed by atoms with Gasteiger partial charge in [-0.1, -0.05) is 0 Å². The van der Waals surface area contributed by atoms with Crippen LogP contribution in [0.15, 0.2) is 21.1 Å². The summed E-state index contributed by atoms with van der Waals surface area (Å²) in [6.07, 6.45) is -5.60. The minimum atomic E-state index is -1.38. The first-order valence-electron chi connectivity index (χ1n) is 6.77. The van der Waals surface area contributed by atoms with Gasteiger partial charge in [0, 0.05) is 0 Å². The van der Waals surface area contributed by atoms with E-state index in [0.717, 1.165) is 0 Å². The topological polar surface area (TPSA) is 116 Å². The highest BCUT2D eigenvalue weighted by Crippen LogP contribution is 2.33. The fourth-order valence-electron chi connectivity index (χ4n) is 2.20. The number of carbonyl (C=O) groups is 1. The van der Waals surface area contributed by atoms with Gasteiger partial charge in [-0.05, 0) is 50.9 Å². The molecule has 0 aromatic heterocycles. The van der Waals surface area contributed by atoms with E-state index in [2.05, 4.69) is 31.9 Å². The molecule has 1 aliphatic heterocycles. The lowest BCUT2D eigenvalue weighted by atomic mass is 9.96. The van der Waals surface area contributed by atoms with Gasteiger partial charge in [-0.25, -0.2) is 4.79 Å². The molecule has 0 spiro atoms. The Bertz CT molecular complexity index is 571. The molecule has 1 aromatic carbocycles. The molecule has 7 nitrogen and oxygen atoms in total. The molecule has 1 heterocycles. The van der Waals surface area contributed by atoms with Gasteiger partial charge in [0.15, 0.2) is 0 Å². The molecule has 0 saturated carbocycles. The van der Waals surface area contributed by atoms with Crippen molar-refractivity contribution in [2.45, 2.75) is 37.4 Å². The normalized spacial score (nSPS) is 31.0. The molecule has 0 amide bonds. The van der Waals surface area contributed by atoms with Crippen LogP contribution in [0.25, 0.3) is 0 Å². The number of ether oxygens (including phenoxy) is 2. The van der Waals surface area contributed by atoms with Crippen molar-refractivity contribution in [3.05, 3.63) is 26.6 Å². The van der Waals surface area contributed by atoms with E-state index in [-0.39, 0.29) is 17.9 Å². The maximum Gasteiger partial charge on any atom is 0.338 e. The van der Waals surface area contributed by atoms with Crippen molar-refractivity contribution in [2.24, 2.45) is 0 Å². The van der Waals surface area contributed by atoms with Crippen molar-refractivity contribution in [3.63, 3.8) is 0 Å². The molecule has 4 unspecified atom stereocenters. The summed E-state index contributed by atoms with van der Waals surface area (Å²) < 4.78 is 11.1. The number of esters is 1. The van der Waals surface area contributed by atoms with Crippen LogP contribution in [0.5, 0.6) is 5.75 Å². The summed E-state index contributed by atoms with van der Waals surface area (Å²) in [6.45, 7) is 1.26. The van der Waals surface area contributed by atoms with Crippen LogP contribution in [-0.2, 0) is 9.47 Å². The Kier molecular flexibility index (Phi) is 6.04. The third-order valence-electron chi connectivity index (χ3n) is 3.58. The lowest BCUT2D eigenvalue weighted by Gasteiger charge is -2.38. The number of aromatic hydroxyl groups is 1. The van der Waals surface area contributed by atoms with Gasteiger partial charge < -0.3 is 29.9 Å². The average Bonchev–Trinajstić information content (AvgIpc) is 2.51. The molecule has 128 valence electrons. The van der Waals surface area contributed by atoms with E-state index >= 15 is 0 Å². The Hall–Kier alpha value is -0.710. The molecule has 1 saturated heterocycles. The first-order valence-corrected chi connectivity index (χ1v) is 8.35. The highest BCUT2D eigenvalue weighted by Gasteiger charge is 2.42. The quantitative estimate of drug-likeness (QED) is 0.501. The second-order valence-electron chi connectivity index (χ2n) is 5.24. The molecule has 0 bridgehead atoms. The third-order valence-corrected chi connectivity index (χ3v) is 4.79. The Labute approximate surface area is 149 Å². The van der Waals surface area contributed by atoms with Crippen molar-refractivity contribution in [2.75, 3.05) is 6.61 Å². The van der Waals surface area contributed by atoms with Crippen molar-refractivity contribution in [1.29, 1.82) is 0 Å². The van der Waals surface area contributed by atoms with Crippen molar-refractivity contribution < 1.29 is 34.7 Å². The van der Waals surface area contributed by atoms with Gasteiger partial charge in [0.2, 0.25) is 0 Å². The van der Waals surface area contributed by atoms with E-state index in [1.165, 1.54) is 12.1 Å². The van der Waals surface area contributed by atoms with Crippen LogP contribution in [0.3, 0.4) is 0 Å². The van der Waals surface area contributed by atoms with Crippen LogP contribution in [0.2, 0.25) is 0 Å². The molecule has 4 N–H and O–H groups in total. The van der Waals surface area contributed by atoms with Gasteiger partial charge in [-0.15, -0.1) is 0 Å². The Morgan fingerprint density at radius 2 is 1.74 bits per heavy atom. The van der Waals surface area contributed by atoms with Gasteiger partial charge in [0.25, 0.3) is 0 Å². The van der Waals surface area contributed by atoms with Crippen LogP contribution in [0, 0.1) is 0 Å².